The van der Waals surface area contributed by atoms with Gasteiger partial charge in [0.15, 0.2) is 5.88 Å². The molecule has 7 nitrogen and oxygen atoms in total. The monoisotopic (exact) mass is 362 g/mol. The molecule has 5 rings (SSSR count). The summed E-state index contributed by atoms with van der Waals surface area (Å²) >= 11 is 0. The number of aromatic hydroxyl groups is 1. The zero-order valence-electron chi connectivity index (χ0n) is 14.9. The van der Waals surface area contributed by atoms with Crippen LogP contribution in [0.1, 0.15) is 25.7 Å². The van der Waals surface area contributed by atoms with Crippen LogP contribution in [-0.2, 0) is 0 Å². The maximum absolute atomic E-state index is 10.3. The Hall–Kier alpha value is -3.06. The normalized spacial score (nSPS) is 20.3. The molecule has 0 bridgehead atoms. The molecule has 6 N–H and O–H groups in total. The predicted molar refractivity (Wildman–Crippen MR) is 107 cm³/mol. The summed E-state index contributed by atoms with van der Waals surface area (Å²) in [5.74, 6) is 0.608. The van der Waals surface area contributed by atoms with Gasteiger partial charge in [-0.25, -0.2) is 9.97 Å². The molecule has 138 valence electrons. The summed E-state index contributed by atoms with van der Waals surface area (Å²) in [7, 11) is 0. The van der Waals surface area contributed by atoms with Crippen LogP contribution in [0.3, 0.4) is 0 Å². The van der Waals surface area contributed by atoms with Crippen molar-refractivity contribution < 1.29 is 5.11 Å². The number of hydrogen-bond acceptors (Lipinski definition) is 5. The molecule has 3 aromatic heterocycles. The number of para-hydroxylation sites is 1. The summed E-state index contributed by atoms with van der Waals surface area (Å²) in [5.41, 5.74) is 9.48. The molecule has 1 fully saturated rings. The standard InChI is InChI=1S/C20H22N6O/c21-12-6-2-4-8-14(12)24-20-25-16-10-22-19(27)17(16)18(26-20)15-9-11-5-1-3-7-13(11)23-15/h1,3,5,7,9-10,12,14,22-23,27H,2,4,6,8,21H2,(H,24,25)/t12-,14+/m0/s1. The second-order valence-corrected chi connectivity index (χ2v) is 7.26. The van der Waals surface area contributed by atoms with E-state index in [9.17, 15) is 5.11 Å². The number of anilines is 1. The third-order valence-electron chi connectivity index (χ3n) is 5.44. The molecular formula is C20H22N6O. The van der Waals surface area contributed by atoms with Crippen molar-refractivity contribution in [3.8, 4) is 17.3 Å². The van der Waals surface area contributed by atoms with E-state index in [-0.39, 0.29) is 18.0 Å². The van der Waals surface area contributed by atoms with E-state index in [1.807, 2.05) is 30.3 Å². The molecular weight excluding hydrogens is 340 g/mol. The molecule has 0 saturated heterocycles. The minimum absolute atomic E-state index is 0.0690. The van der Waals surface area contributed by atoms with E-state index in [0.29, 0.717) is 22.5 Å². The van der Waals surface area contributed by atoms with E-state index in [0.717, 1.165) is 35.9 Å². The van der Waals surface area contributed by atoms with Gasteiger partial charge in [0.2, 0.25) is 5.95 Å². The number of nitrogens with one attached hydrogen (secondary N) is 3. The topological polar surface area (TPSA) is 116 Å². The van der Waals surface area contributed by atoms with Crippen LogP contribution in [0.15, 0.2) is 36.5 Å². The molecule has 2 atom stereocenters. The lowest BCUT2D eigenvalue weighted by Crippen LogP contribution is -2.42. The summed E-state index contributed by atoms with van der Waals surface area (Å²) < 4.78 is 0. The SMILES string of the molecule is N[C@H]1CCCC[C@H]1Nc1nc(-c2cc3ccccc3[nH]2)c2c(O)[nH]cc2n1. The summed E-state index contributed by atoms with van der Waals surface area (Å²) in [6.45, 7) is 0. The Bertz CT molecular complexity index is 1080. The number of aromatic nitrogens is 4. The van der Waals surface area contributed by atoms with Gasteiger partial charge in [0.25, 0.3) is 0 Å². The van der Waals surface area contributed by atoms with Crippen LogP contribution in [0.5, 0.6) is 5.88 Å². The molecule has 1 aliphatic carbocycles. The van der Waals surface area contributed by atoms with Crippen molar-refractivity contribution in [1.29, 1.82) is 0 Å². The van der Waals surface area contributed by atoms with Crippen LogP contribution in [-0.4, -0.2) is 37.1 Å². The Balaban J connectivity index is 1.62. The van der Waals surface area contributed by atoms with Gasteiger partial charge in [0.05, 0.1) is 16.6 Å². The van der Waals surface area contributed by atoms with E-state index in [1.165, 1.54) is 6.42 Å². The summed E-state index contributed by atoms with van der Waals surface area (Å²) in [6, 6.07) is 10.4. The fourth-order valence-electron chi connectivity index (χ4n) is 3.99. The summed E-state index contributed by atoms with van der Waals surface area (Å²) in [5, 5.41) is 15.4. The zero-order valence-corrected chi connectivity index (χ0v) is 14.9. The Morgan fingerprint density at radius 3 is 2.85 bits per heavy atom. The fraction of sp³-hybridized carbons (Fsp3) is 0.300. The van der Waals surface area contributed by atoms with Crippen LogP contribution < -0.4 is 11.1 Å². The lowest BCUT2D eigenvalue weighted by Gasteiger charge is -2.29. The average molecular weight is 362 g/mol. The highest BCUT2D eigenvalue weighted by atomic mass is 16.3. The van der Waals surface area contributed by atoms with Gasteiger partial charge in [0, 0.05) is 29.2 Å². The molecule has 7 heteroatoms. The van der Waals surface area contributed by atoms with Gasteiger partial charge in [-0.05, 0) is 25.0 Å². The molecule has 1 aromatic carbocycles. The number of benzene rings is 1. The molecule has 0 spiro atoms. The van der Waals surface area contributed by atoms with Gasteiger partial charge in [-0.2, -0.15) is 0 Å². The average Bonchev–Trinajstić information content (AvgIpc) is 3.27. The van der Waals surface area contributed by atoms with Crippen LogP contribution >= 0.6 is 0 Å². The maximum Gasteiger partial charge on any atom is 0.224 e. The number of H-pyrrole nitrogens is 2. The molecule has 3 heterocycles. The molecule has 0 aliphatic heterocycles. The number of aromatic amines is 2. The first-order valence-electron chi connectivity index (χ1n) is 9.37. The molecule has 1 aliphatic rings. The minimum atomic E-state index is 0.0690. The van der Waals surface area contributed by atoms with Gasteiger partial charge >= 0.3 is 0 Å². The number of rotatable bonds is 3. The van der Waals surface area contributed by atoms with Crippen molar-refractivity contribution >= 4 is 27.8 Å². The smallest absolute Gasteiger partial charge is 0.224 e. The number of nitrogens with zero attached hydrogens (tertiary/aromatic N) is 2. The Labute approximate surface area is 156 Å². The zero-order chi connectivity index (χ0) is 18.4. The van der Waals surface area contributed by atoms with E-state index in [2.05, 4.69) is 20.3 Å². The number of nitrogens with two attached hydrogens (primary N) is 1. The van der Waals surface area contributed by atoms with Gasteiger partial charge < -0.3 is 26.1 Å². The number of fused-ring (bicyclic) bond motifs is 2. The Morgan fingerprint density at radius 1 is 1.15 bits per heavy atom. The van der Waals surface area contributed by atoms with Gasteiger partial charge in [0.1, 0.15) is 5.69 Å². The van der Waals surface area contributed by atoms with Crippen molar-refractivity contribution in [2.24, 2.45) is 5.73 Å². The van der Waals surface area contributed by atoms with Crippen LogP contribution in [0.2, 0.25) is 0 Å². The van der Waals surface area contributed by atoms with Crippen LogP contribution in [0.4, 0.5) is 5.95 Å². The summed E-state index contributed by atoms with van der Waals surface area (Å²) in [4.78, 5) is 15.6. The van der Waals surface area contributed by atoms with E-state index >= 15 is 0 Å². The van der Waals surface area contributed by atoms with Gasteiger partial charge in [-0.3, -0.25) is 0 Å². The van der Waals surface area contributed by atoms with Crippen molar-refractivity contribution in [3.63, 3.8) is 0 Å². The van der Waals surface area contributed by atoms with Crippen LogP contribution in [0.25, 0.3) is 33.2 Å². The van der Waals surface area contributed by atoms with E-state index < -0.39 is 0 Å². The Kier molecular flexibility index (Phi) is 3.75. The first-order chi connectivity index (χ1) is 13.2. The van der Waals surface area contributed by atoms with Gasteiger partial charge in [-0.15, -0.1) is 0 Å². The highest BCUT2D eigenvalue weighted by molar-refractivity contribution is 5.98. The van der Waals surface area contributed by atoms with E-state index in [1.54, 1.807) is 6.20 Å². The molecule has 0 radical (unpaired) electrons. The molecule has 4 aromatic rings. The van der Waals surface area contributed by atoms with E-state index in [4.69, 9.17) is 10.7 Å². The Morgan fingerprint density at radius 2 is 2.00 bits per heavy atom. The number of hydrogen-bond donors (Lipinski definition) is 5. The highest BCUT2D eigenvalue weighted by Gasteiger charge is 2.24. The van der Waals surface area contributed by atoms with Gasteiger partial charge in [-0.1, -0.05) is 31.0 Å². The second kappa shape index (κ2) is 6.28. The van der Waals surface area contributed by atoms with Crippen molar-refractivity contribution in [3.05, 3.63) is 36.5 Å². The molecule has 0 amide bonds. The molecule has 1 saturated carbocycles. The fourth-order valence-corrected chi connectivity index (χ4v) is 3.99. The van der Waals surface area contributed by atoms with Crippen molar-refractivity contribution in [1.82, 2.24) is 19.9 Å². The third kappa shape index (κ3) is 2.80. The minimum Gasteiger partial charge on any atom is -0.494 e. The second-order valence-electron chi connectivity index (χ2n) is 7.26. The van der Waals surface area contributed by atoms with Crippen molar-refractivity contribution in [2.45, 2.75) is 37.8 Å². The van der Waals surface area contributed by atoms with Crippen LogP contribution in [0, 0.1) is 0 Å². The lowest BCUT2D eigenvalue weighted by molar-refractivity contribution is 0.402. The lowest BCUT2D eigenvalue weighted by atomic mass is 9.91. The van der Waals surface area contributed by atoms with Crippen molar-refractivity contribution in [2.75, 3.05) is 5.32 Å². The first-order valence-corrected chi connectivity index (χ1v) is 9.37. The summed E-state index contributed by atoms with van der Waals surface area (Å²) in [6.07, 6.45) is 6.06. The maximum atomic E-state index is 10.3. The molecule has 0 unspecified atom stereocenters. The third-order valence-corrected chi connectivity index (χ3v) is 5.44. The highest BCUT2D eigenvalue weighted by Crippen LogP contribution is 2.34. The largest absolute Gasteiger partial charge is 0.494 e. The predicted octanol–water partition coefficient (Wildman–Crippen LogP) is 3.49. The first kappa shape index (κ1) is 16.1. The molecule has 27 heavy (non-hydrogen) atoms. The quantitative estimate of drug-likeness (QED) is 0.382.